The fourth-order valence-electron chi connectivity index (χ4n) is 3.99. The molecule has 14 nitrogen and oxygen atoms in total. The fraction of sp³-hybridized carbons (Fsp3) is 0.200. The van der Waals surface area contributed by atoms with Crippen LogP contribution in [-0.2, 0) is 19.6 Å². The van der Waals surface area contributed by atoms with Crippen LogP contribution in [0.5, 0.6) is 0 Å². The van der Waals surface area contributed by atoms with Crippen LogP contribution >= 0.6 is 0 Å². The Labute approximate surface area is 228 Å². The zero-order valence-electron chi connectivity index (χ0n) is 21.0. The summed E-state index contributed by atoms with van der Waals surface area (Å²) >= 11 is 0. The molecular weight excluding hydrogens is 544 g/mol. The number of hydrogen-bond donors (Lipinski definition) is 1. The SMILES string of the molecule is O=C(CN(c1cccc([N+](=O)[O-])c1)S(=O)(=O)c1ccccc1)N/N=C\c1cc([N+](=O)[O-])ccc1N1CCOCC1. The van der Waals surface area contributed by atoms with Crippen LogP contribution in [0.2, 0.25) is 0 Å². The molecule has 1 amide bonds. The molecular formula is C25H24N6O8S. The zero-order valence-corrected chi connectivity index (χ0v) is 21.8. The van der Waals surface area contributed by atoms with Crippen molar-refractivity contribution in [2.45, 2.75) is 4.90 Å². The van der Waals surface area contributed by atoms with Gasteiger partial charge in [0.2, 0.25) is 0 Å². The highest BCUT2D eigenvalue weighted by Crippen LogP contribution is 2.27. The van der Waals surface area contributed by atoms with Crippen molar-refractivity contribution >= 4 is 44.9 Å². The lowest BCUT2D eigenvalue weighted by molar-refractivity contribution is -0.385. The van der Waals surface area contributed by atoms with Gasteiger partial charge in [0.25, 0.3) is 27.3 Å². The number of nitrogens with zero attached hydrogens (tertiary/aromatic N) is 5. The summed E-state index contributed by atoms with van der Waals surface area (Å²) in [6.45, 7) is 1.32. The molecule has 0 radical (unpaired) electrons. The molecule has 1 aliphatic heterocycles. The fourth-order valence-corrected chi connectivity index (χ4v) is 5.42. The van der Waals surface area contributed by atoms with Crippen molar-refractivity contribution in [2.24, 2.45) is 5.10 Å². The van der Waals surface area contributed by atoms with Gasteiger partial charge in [0.15, 0.2) is 0 Å². The molecule has 15 heteroatoms. The second-order valence-electron chi connectivity index (χ2n) is 8.49. The first-order valence-corrected chi connectivity index (χ1v) is 13.4. The molecule has 0 aromatic heterocycles. The van der Waals surface area contributed by atoms with Crippen LogP contribution < -0.4 is 14.6 Å². The van der Waals surface area contributed by atoms with Crippen LogP contribution in [0.1, 0.15) is 5.56 Å². The summed E-state index contributed by atoms with van der Waals surface area (Å²) < 4.78 is 32.9. The molecule has 40 heavy (non-hydrogen) atoms. The molecule has 0 unspecified atom stereocenters. The van der Waals surface area contributed by atoms with Gasteiger partial charge in [-0.25, -0.2) is 13.8 Å². The Morgan fingerprint density at radius 3 is 2.33 bits per heavy atom. The average Bonchev–Trinajstić information content (AvgIpc) is 2.96. The first-order chi connectivity index (χ1) is 19.2. The van der Waals surface area contributed by atoms with Gasteiger partial charge in [0, 0.05) is 48.6 Å². The Hall–Kier alpha value is -4.89. The first-order valence-electron chi connectivity index (χ1n) is 11.9. The average molecular weight is 569 g/mol. The van der Waals surface area contributed by atoms with Gasteiger partial charge in [0.1, 0.15) is 6.54 Å². The van der Waals surface area contributed by atoms with E-state index in [1.165, 1.54) is 60.8 Å². The maximum atomic E-state index is 13.4. The van der Waals surface area contributed by atoms with E-state index in [9.17, 15) is 33.4 Å². The van der Waals surface area contributed by atoms with E-state index < -0.39 is 32.3 Å². The number of nitro benzene ring substituents is 2. The molecule has 0 saturated carbocycles. The molecule has 0 bridgehead atoms. The van der Waals surface area contributed by atoms with E-state index in [1.807, 2.05) is 4.90 Å². The summed E-state index contributed by atoms with van der Waals surface area (Å²) in [5.74, 6) is -0.847. The Morgan fingerprint density at radius 1 is 0.975 bits per heavy atom. The summed E-state index contributed by atoms with van der Waals surface area (Å²) in [6.07, 6.45) is 1.24. The van der Waals surface area contributed by atoms with E-state index in [-0.39, 0.29) is 22.0 Å². The van der Waals surface area contributed by atoms with E-state index in [2.05, 4.69) is 10.5 Å². The largest absolute Gasteiger partial charge is 0.378 e. The quantitative estimate of drug-likeness (QED) is 0.219. The summed E-state index contributed by atoms with van der Waals surface area (Å²) in [6, 6.07) is 16.5. The second kappa shape index (κ2) is 12.3. The molecule has 4 rings (SSSR count). The third-order valence-corrected chi connectivity index (χ3v) is 7.70. The summed E-state index contributed by atoms with van der Waals surface area (Å²) in [5.41, 5.74) is 2.64. The number of ether oxygens (including phenoxy) is 1. The molecule has 208 valence electrons. The number of non-ortho nitro benzene ring substituents is 2. The molecule has 1 fully saturated rings. The van der Waals surface area contributed by atoms with Gasteiger partial charge < -0.3 is 9.64 Å². The Bertz CT molecular complexity index is 1540. The number of nitro groups is 2. The van der Waals surface area contributed by atoms with E-state index >= 15 is 0 Å². The van der Waals surface area contributed by atoms with E-state index in [1.54, 1.807) is 12.1 Å². The Morgan fingerprint density at radius 2 is 1.65 bits per heavy atom. The van der Waals surface area contributed by atoms with Gasteiger partial charge in [-0.1, -0.05) is 24.3 Å². The lowest BCUT2D eigenvalue weighted by Crippen LogP contribution is -2.39. The molecule has 1 saturated heterocycles. The maximum absolute atomic E-state index is 13.4. The lowest BCUT2D eigenvalue weighted by atomic mass is 10.1. The van der Waals surface area contributed by atoms with E-state index in [0.29, 0.717) is 37.6 Å². The number of hydrazone groups is 1. The van der Waals surface area contributed by atoms with Crippen molar-refractivity contribution in [3.63, 3.8) is 0 Å². The van der Waals surface area contributed by atoms with Crippen LogP contribution in [0.3, 0.4) is 0 Å². The lowest BCUT2D eigenvalue weighted by Gasteiger charge is -2.29. The smallest absolute Gasteiger partial charge is 0.271 e. The van der Waals surface area contributed by atoms with Gasteiger partial charge in [0.05, 0.1) is 39.9 Å². The zero-order chi connectivity index (χ0) is 28.7. The number of rotatable bonds is 10. The minimum absolute atomic E-state index is 0.0922. The highest BCUT2D eigenvalue weighted by Gasteiger charge is 2.28. The van der Waals surface area contributed by atoms with Crippen LogP contribution in [0, 0.1) is 20.2 Å². The Kier molecular flexibility index (Phi) is 8.66. The third kappa shape index (κ3) is 6.57. The molecule has 3 aromatic carbocycles. The number of morpholine rings is 1. The first kappa shape index (κ1) is 28.1. The van der Waals surface area contributed by atoms with Gasteiger partial charge in [-0.15, -0.1) is 0 Å². The van der Waals surface area contributed by atoms with E-state index in [0.717, 1.165) is 10.4 Å². The number of amides is 1. The van der Waals surface area contributed by atoms with Gasteiger partial charge >= 0.3 is 0 Å². The van der Waals surface area contributed by atoms with Gasteiger partial charge in [-0.05, 0) is 24.3 Å². The van der Waals surface area contributed by atoms with Crippen molar-refractivity contribution in [2.75, 3.05) is 42.1 Å². The van der Waals surface area contributed by atoms with Crippen molar-refractivity contribution in [3.8, 4) is 0 Å². The maximum Gasteiger partial charge on any atom is 0.271 e. The van der Waals surface area contributed by atoms with Crippen molar-refractivity contribution in [3.05, 3.63) is 98.6 Å². The topological polar surface area (TPSA) is 178 Å². The summed E-state index contributed by atoms with van der Waals surface area (Å²) in [7, 11) is -4.30. The third-order valence-electron chi connectivity index (χ3n) is 5.91. The summed E-state index contributed by atoms with van der Waals surface area (Å²) in [5, 5.41) is 26.5. The van der Waals surface area contributed by atoms with Crippen molar-refractivity contribution in [1.29, 1.82) is 0 Å². The molecule has 0 spiro atoms. The summed E-state index contributed by atoms with van der Waals surface area (Å²) in [4.78, 5) is 36.1. The standard InChI is InChI=1S/C25H24N6O8S/c32-25(27-26-17-19-15-22(31(35)36)9-10-24(19)28-11-13-39-14-12-28)18-29(20-5-4-6-21(16-20)30(33)34)40(37,38)23-7-2-1-3-8-23/h1-10,15-17H,11-14,18H2,(H,27,32)/b26-17-. The predicted octanol–water partition coefficient (Wildman–Crippen LogP) is 2.69. The second-order valence-corrected chi connectivity index (χ2v) is 10.4. The monoisotopic (exact) mass is 568 g/mol. The van der Waals surface area contributed by atoms with Crippen LogP contribution in [0.4, 0.5) is 22.7 Å². The number of benzene rings is 3. The highest BCUT2D eigenvalue weighted by molar-refractivity contribution is 7.92. The molecule has 1 aliphatic rings. The van der Waals surface area contributed by atoms with Gasteiger partial charge in [-0.2, -0.15) is 5.10 Å². The number of nitrogens with one attached hydrogen (secondary N) is 1. The molecule has 1 N–H and O–H groups in total. The minimum atomic E-state index is -4.30. The molecule has 3 aromatic rings. The van der Waals surface area contributed by atoms with E-state index in [4.69, 9.17) is 4.74 Å². The normalized spacial score (nSPS) is 13.7. The molecule has 0 atom stereocenters. The minimum Gasteiger partial charge on any atom is -0.378 e. The number of hydrogen-bond acceptors (Lipinski definition) is 10. The number of carbonyl (C=O) groups is 1. The highest BCUT2D eigenvalue weighted by atomic mass is 32.2. The molecule has 1 heterocycles. The Balaban J connectivity index is 1.60. The predicted molar refractivity (Wildman–Crippen MR) is 146 cm³/mol. The number of sulfonamides is 1. The van der Waals surface area contributed by atoms with Crippen LogP contribution in [-0.4, -0.2) is 63.2 Å². The van der Waals surface area contributed by atoms with Crippen LogP contribution in [0.15, 0.2) is 82.8 Å². The molecule has 0 aliphatic carbocycles. The van der Waals surface area contributed by atoms with Gasteiger partial charge in [-0.3, -0.25) is 29.3 Å². The van der Waals surface area contributed by atoms with Crippen molar-refractivity contribution < 1.29 is 27.8 Å². The van der Waals surface area contributed by atoms with Crippen molar-refractivity contribution in [1.82, 2.24) is 5.43 Å². The van der Waals surface area contributed by atoms with Crippen LogP contribution in [0.25, 0.3) is 0 Å². The number of carbonyl (C=O) groups excluding carboxylic acids is 1. The number of anilines is 2.